The number of hydrogen-bond acceptors (Lipinski definition) is 5. The molecule has 1 amide bonds. The Morgan fingerprint density at radius 3 is 2.74 bits per heavy atom. The van der Waals surface area contributed by atoms with E-state index in [1.165, 1.54) is 23.5 Å². The monoisotopic (exact) mass is 507 g/mol. The molecule has 0 spiro atoms. The van der Waals surface area contributed by atoms with Crippen LogP contribution in [-0.2, 0) is 16.7 Å². The van der Waals surface area contributed by atoms with Gasteiger partial charge in [0.2, 0.25) is 0 Å². The standard InChI is InChI=1S/C22H23BrFN3O3S/c1-21(2,3)30-20(29)27-10-4-9-22(27,12-13-5-7-14(24)8-6-13)19-25-15-11-16(23)31-17(15)18(28)26-19/h5-8,11H,4,9-10,12H2,1-3H3,(H,25,26,28). The van der Waals surface area contributed by atoms with E-state index in [1.807, 2.05) is 20.8 Å². The number of fused-ring (bicyclic) bond motifs is 1. The molecule has 3 aromatic rings. The molecule has 1 saturated heterocycles. The molecule has 6 nitrogen and oxygen atoms in total. The third-order valence-corrected chi connectivity index (χ3v) is 6.93. The van der Waals surface area contributed by atoms with Gasteiger partial charge in [0.1, 0.15) is 27.5 Å². The maximum absolute atomic E-state index is 13.5. The fourth-order valence-corrected chi connectivity index (χ4v) is 5.47. The Kier molecular flexibility index (Phi) is 5.68. The molecule has 2 aromatic heterocycles. The van der Waals surface area contributed by atoms with Crippen molar-refractivity contribution in [3.05, 3.63) is 61.7 Å². The minimum absolute atomic E-state index is 0.245. The average molecular weight is 508 g/mol. The van der Waals surface area contributed by atoms with Crippen molar-refractivity contribution in [2.75, 3.05) is 6.54 Å². The number of aromatic amines is 1. The van der Waals surface area contributed by atoms with Crippen LogP contribution in [0.15, 0.2) is 38.9 Å². The maximum atomic E-state index is 13.5. The first-order valence-electron chi connectivity index (χ1n) is 10.0. The fourth-order valence-electron chi connectivity index (χ4n) is 4.05. The number of ether oxygens (including phenoxy) is 1. The van der Waals surface area contributed by atoms with Crippen molar-refractivity contribution in [3.63, 3.8) is 0 Å². The molecule has 1 aliphatic heterocycles. The van der Waals surface area contributed by atoms with E-state index in [1.54, 1.807) is 23.1 Å². The van der Waals surface area contributed by atoms with Crippen molar-refractivity contribution in [1.29, 1.82) is 0 Å². The number of thiophene rings is 1. The summed E-state index contributed by atoms with van der Waals surface area (Å²) in [6.07, 6.45) is 1.26. The second-order valence-electron chi connectivity index (χ2n) is 8.75. The third-order valence-electron chi connectivity index (χ3n) is 5.31. The van der Waals surface area contributed by atoms with Gasteiger partial charge in [-0.15, -0.1) is 11.3 Å². The second-order valence-corrected chi connectivity index (χ2v) is 11.2. The van der Waals surface area contributed by atoms with E-state index < -0.39 is 17.2 Å². The molecular formula is C22H23BrFN3O3S. The van der Waals surface area contributed by atoms with Gasteiger partial charge in [0, 0.05) is 13.0 Å². The summed E-state index contributed by atoms with van der Waals surface area (Å²) in [6.45, 7) is 5.93. The fraction of sp³-hybridized carbons (Fsp3) is 0.409. The van der Waals surface area contributed by atoms with Crippen LogP contribution in [0.4, 0.5) is 9.18 Å². The highest BCUT2D eigenvalue weighted by molar-refractivity contribution is 9.11. The third kappa shape index (κ3) is 4.39. The molecule has 0 aliphatic carbocycles. The van der Waals surface area contributed by atoms with Crippen molar-refractivity contribution in [2.45, 2.75) is 51.2 Å². The van der Waals surface area contributed by atoms with E-state index in [9.17, 15) is 14.0 Å². The predicted molar refractivity (Wildman–Crippen MR) is 122 cm³/mol. The van der Waals surface area contributed by atoms with E-state index >= 15 is 0 Å². The number of amides is 1. The number of likely N-dealkylation sites (tertiary alicyclic amines) is 1. The van der Waals surface area contributed by atoms with Crippen molar-refractivity contribution in [2.24, 2.45) is 0 Å². The highest BCUT2D eigenvalue weighted by Crippen LogP contribution is 2.41. The Balaban J connectivity index is 1.85. The van der Waals surface area contributed by atoms with E-state index in [4.69, 9.17) is 9.72 Å². The van der Waals surface area contributed by atoms with Crippen LogP contribution in [0.1, 0.15) is 45.0 Å². The van der Waals surface area contributed by atoms with E-state index in [-0.39, 0.29) is 11.4 Å². The predicted octanol–water partition coefficient (Wildman–Crippen LogP) is 5.36. The number of halogens is 2. The zero-order valence-electron chi connectivity index (χ0n) is 17.5. The van der Waals surface area contributed by atoms with Gasteiger partial charge in [-0.1, -0.05) is 12.1 Å². The van der Waals surface area contributed by atoms with Gasteiger partial charge in [-0.2, -0.15) is 0 Å². The van der Waals surface area contributed by atoms with Gasteiger partial charge < -0.3 is 9.72 Å². The van der Waals surface area contributed by atoms with Crippen LogP contribution in [0, 0.1) is 5.82 Å². The molecule has 1 fully saturated rings. The summed E-state index contributed by atoms with van der Waals surface area (Å²) in [5.41, 5.74) is -0.395. The number of benzene rings is 1. The molecule has 0 radical (unpaired) electrons. The lowest BCUT2D eigenvalue weighted by atomic mass is 9.87. The maximum Gasteiger partial charge on any atom is 0.411 e. The number of carbonyl (C=O) groups is 1. The average Bonchev–Trinajstić information content (AvgIpc) is 3.26. The van der Waals surface area contributed by atoms with Gasteiger partial charge in [0.05, 0.1) is 9.30 Å². The summed E-state index contributed by atoms with van der Waals surface area (Å²) in [6, 6.07) is 7.98. The molecular weight excluding hydrogens is 485 g/mol. The first-order valence-corrected chi connectivity index (χ1v) is 11.6. The van der Waals surface area contributed by atoms with Gasteiger partial charge in [-0.05, 0) is 73.3 Å². The SMILES string of the molecule is CC(C)(C)OC(=O)N1CCCC1(Cc1ccc(F)cc1)c1nc2cc(Br)sc2c(=O)[nH]1. The molecule has 9 heteroatoms. The van der Waals surface area contributed by atoms with Crippen LogP contribution >= 0.6 is 27.3 Å². The lowest BCUT2D eigenvalue weighted by Crippen LogP contribution is -2.50. The van der Waals surface area contributed by atoms with Gasteiger partial charge in [0.15, 0.2) is 0 Å². The molecule has 0 bridgehead atoms. The molecule has 3 heterocycles. The van der Waals surface area contributed by atoms with Gasteiger partial charge in [-0.25, -0.2) is 14.2 Å². The quantitative estimate of drug-likeness (QED) is 0.517. The van der Waals surface area contributed by atoms with Crippen molar-refractivity contribution >= 4 is 43.6 Å². The zero-order valence-corrected chi connectivity index (χ0v) is 19.9. The summed E-state index contributed by atoms with van der Waals surface area (Å²) in [5.74, 6) is 0.0901. The van der Waals surface area contributed by atoms with Crippen LogP contribution < -0.4 is 5.56 Å². The van der Waals surface area contributed by atoms with Crippen LogP contribution in [0.5, 0.6) is 0 Å². The van der Waals surface area contributed by atoms with E-state index in [0.29, 0.717) is 35.4 Å². The van der Waals surface area contributed by atoms with Crippen molar-refractivity contribution in [3.8, 4) is 0 Å². The summed E-state index contributed by atoms with van der Waals surface area (Å²) < 4.78 is 20.5. The normalized spacial score (nSPS) is 19.2. The Hall–Kier alpha value is -2.26. The number of H-pyrrole nitrogens is 1. The summed E-state index contributed by atoms with van der Waals surface area (Å²) in [5, 5.41) is 0. The number of nitrogens with zero attached hydrogens (tertiary/aromatic N) is 2. The molecule has 1 atom stereocenters. The minimum Gasteiger partial charge on any atom is -0.444 e. The largest absolute Gasteiger partial charge is 0.444 e. The van der Waals surface area contributed by atoms with Gasteiger partial charge in [0.25, 0.3) is 5.56 Å². The Bertz CT molecular complexity index is 1190. The summed E-state index contributed by atoms with van der Waals surface area (Å²) in [7, 11) is 0. The summed E-state index contributed by atoms with van der Waals surface area (Å²) in [4.78, 5) is 35.3. The highest BCUT2D eigenvalue weighted by atomic mass is 79.9. The smallest absolute Gasteiger partial charge is 0.411 e. The number of nitrogens with one attached hydrogen (secondary N) is 1. The van der Waals surface area contributed by atoms with Gasteiger partial charge >= 0.3 is 6.09 Å². The topological polar surface area (TPSA) is 75.3 Å². The number of hydrogen-bond donors (Lipinski definition) is 1. The molecule has 1 unspecified atom stereocenters. The van der Waals surface area contributed by atoms with E-state index in [2.05, 4.69) is 20.9 Å². The highest BCUT2D eigenvalue weighted by Gasteiger charge is 2.48. The molecule has 1 aliphatic rings. The Morgan fingerprint density at radius 2 is 2.06 bits per heavy atom. The number of carbonyl (C=O) groups excluding carboxylic acids is 1. The van der Waals surface area contributed by atoms with Crippen LogP contribution in [-0.4, -0.2) is 33.1 Å². The molecule has 0 saturated carbocycles. The second kappa shape index (κ2) is 8.02. The summed E-state index contributed by atoms with van der Waals surface area (Å²) >= 11 is 4.73. The first kappa shape index (κ1) is 22.0. The Labute approximate surface area is 191 Å². The lowest BCUT2D eigenvalue weighted by molar-refractivity contribution is 0.00515. The molecule has 4 rings (SSSR count). The number of rotatable bonds is 3. The number of aromatic nitrogens is 2. The molecule has 1 N–H and O–H groups in total. The first-order chi connectivity index (χ1) is 14.6. The zero-order chi connectivity index (χ0) is 22.4. The minimum atomic E-state index is -0.901. The molecule has 31 heavy (non-hydrogen) atoms. The van der Waals surface area contributed by atoms with Crippen LogP contribution in [0.2, 0.25) is 0 Å². The van der Waals surface area contributed by atoms with Crippen LogP contribution in [0.3, 0.4) is 0 Å². The van der Waals surface area contributed by atoms with Crippen molar-refractivity contribution in [1.82, 2.24) is 14.9 Å². The molecule has 1 aromatic carbocycles. The van der Waals surface area contributed by atoms with E-state index in [0.717, 1.165) is 15.8 Å². The lowest BCUT2D eigenvalue weighted by Gasteiger charge is -2.38. The Morgan fingerprint density at radius 1 is 1.35 bits per heavy atom. The van der Waals surface area contributed by atoms with Crippen LogP contribution in [0.25, 0.3) is 10.2 Å². The molecule has 164 valence electrons. The van der Waals surface area contributed by atoms with Crippen molar-refractivity contribution < 1.29 is 13.9 Å². The van der Waals surface area contributed by atoms with Gasteiger partial charge in [-0.3, -0.25) is 9.69 Å².